The number of hydrogen-bond acceptors (Lipinski definition) is 5. The Hall–Kier alpha value is -2.41. The van der Waals surface area contributed by atoms with Gasteiger partial charge in [0.05, 0.1) is 0 Å². The summed E-state index contributed by atoms with van der Waals surface area (Å²) in [6.45, 7) is 7.29. The molecule has 1 aromatic carbocycles. The lowest BCUT2D eigenvalue weighted by molar-refractivity contribution is 0.0572. The molecule has 0 spiro atoms. The Balaban J connectivity index is 2.11. The van der Waals surface area contributed by atoms with E-state index in [0.717, 1.165) is 11.3 Å². The molecule has 0 saturated heterocycles. The first-order chi connectivity index (χ1) is 11.7. The van der Waals surface area contributed by atoms with Gasteiger partial charge in [-0.15, -0.1) is 0 Å². The first-order valence-electron chi connectivity index (χ1n) is 7.80. The normalized spacial score (nSPS) is 12.3. The molecule has 0 aliphatic heterocycles. The summed E-state index contributed by atoms with van der Waals surface area (Å²) in [5, 5.41) is 0. The van der Waals surface area contributed by atoms with Gasteiger partial charge in [0, 0.05) is 5.69 Å². The fourth-order valence-electron chi connectivity index (χ4n) is 1.92. The number of rotatable bonds is 5. The van der Waals surface area contributed by atoms with Crippen molar-refractivity contribution >= 4 is 17.1 Å². The number of hydrogen-bond donors (Lipinski definition) is 1. The standard InChI is InChI=1S/C18H22N2O4S/c1-13-10-11-15(25(22)20-17(21)24-18(2,3)4)16(19-13)23-12-14-8-6-5-7-9-14/h5-11H,12H2,1-4H3,(H,20,21). The molecule has 0 aliphatic carbocycles. The van der Waals surface area contributed by atoms with Crippen LogP contribution in [0.4, 0.5) is 4.79 Å². The van der Waals surface area contributed by atoms with Crippen LogP contribution in [0.15, 0.2) is 47.4 Å². The van der Waals surface area contributed by atoms with E-state index >= 15 is 0 Å². The summed E-state index contributed by atoms with van der Waals surface area (Å²) in [5.41, 5.74) is 1.01. The molecule has 1 atom stereocenters. The summed E-state index contributed by atoms with van der Waals surface area (Å²) in [4.78, 5) is 16.4. The zero-order valence-corrected chi connectivity index (χ0v) is 15.6. The molecule has 0 saturated carbocycles. The van der Waals surface area contributed by atoms with Crippen LogP contribution in [0, 0.1) is 6.92 Å². The number of amides is 1. The van der Waals surface area contributed by atoms with Crippen molar-refractivity contribution in [2.45, 2.75) is 44.8 Å². The Labute approximate surface area is 150 Å². The lowest BCUT2D eigenvalue weighted by Crippen LogP contribution is -2.33. The van der Waals surface area contributed by atoms with Crippen LogP contribution in [-0.4, -0.2) is 20.9 Å². The highest BCUT2D eigenvalue weighted by molar-refractivity contribution is 7.83. The number of carbonyl (C=O) groups is 1. The van der Waals surface area contributed by atoms with Crippen molar-refractivity contribution in [3.63, 3.8) is 0 Å². The van der Waals surface area contributed by atoms with Crippen molar-refractivity contribution in [1.29, 1.82) is 0 Å². The average molecular weight is 362 g/mol. The summed E-state index contributed by atoms with van der Waals surface area (Å²) in [5.74, 6) is 0.221. The SMILES string of the molecule is Cc1ccc(S(=O)NC(=O)OC(C)(C)C)c(OCc2ccccc2)n1. The Kier molecular flexibility index (Phi) is 6.14. The monoisotopic (exact) mass is 362 g/mol. The van der Waals surface area contributed by atoms with E-state index in [1.165, 1.54) is 0 Å². The molecule has 1 heterocycles. The van der Waals surface area contributed by atoms with Gasteiger partial charge in [0.15, 0.2) is 11.0 Å². The van der Waals surface area contributed by atoms with E-state index in [9.17, 15) is 9.00 Å². The zero-order chi connectivity index (χ0) is 18.4. The van der Waals surface area contributed by atoms with Crippen molar-refractivity contribution in [2.24, 2.45) is 0 Å². The lowest BCUT2D eigenvalue weighted by Gasteiger charge is -2.19. The number of aromatic nitrogens is 1. The van der Waals surface area contributed by atoms with E-state index in [1.807, 2.05) is 37.3 Å². The molecule has 134 valence electrons. The molecular weight excluding hydrogens is 340 g/mol. The van der Waals surface area contributed by atoms with Gasteiger partial charge in [-0.25, -0.2) is 18.7 Å². The van der Waals surface area contributed by atoms with Gasteiger partial charge in [0.1, 0.15) is 17.1 Å². The number of benzene rings is 1. The molecular formula is C18H22N2O4S. The lowest BCUT2D eigenvalue weighted by atomic mass is 10.2. The second kappa shape index (κ2) is 8.11. The van der Waals surface area contributed by atoms with Gasteiger partial charge in [-0.2, -0.15) is 0 Å². The molecule has 0 radical (unpaired) electrons. The average Bonchev–Trinajstić information content (AvgIpc) is 2.52. The fourth-order valence-corrected chi connectivity index (χ4v) is 2.68. The highest BCUT2D eigenvalue weighted by Gasteiger charge is 2.20. The Bertz CT molecular complexity index is 757. The highest BCUT2D eigenvalue weighted by Crippen LogP contribution is 2.21. The van der Waals surface area contributed by atoms with Gasteiger partial charge in [0.25, 0.3) is 0 Å². The third-order valence-corrected chi connectivity index (χ3v) is 4.02. The molecule has 2 aromatic rings. The van der Waals surface area contributed by atoms with E-state index in [1.54, 1.807) is 32.9 Å². The van der Waals surface area contributed by atoms with Crippen LogP contribution in [-0.2, 0) is 22.3 Å². The maximum Gasteiger partial charge on any atom is 0.419 e. The summed E-state index contributed by atoms with van der Waals surface area (Å²) >= 11 is 0. The molecule has 0 bridgehead atoms. The summed E-state index contributed by atoms with van der Waals surface area (Å²) in [6, 6.07) is 12.9. The molecule has 1 aromatic heterocycles. The van der Waals surface area contributed by atoms with Crippen LogP contribution < -0.4 is 9.46 Å². The minimum absolute atomic E-state index is 0.221. The number of nitrogens with one attached hydrogen (secondary N) is 1. The van der Waals surface area contributed by atoms with Crippen LogP contribution >= 0.6 is 0 Å². The van der Waals surface area contributed by atoms with Gasteiger partial charge in [-0.05, 0) is 45.4 Å². The molecule has 0 aliphatic rings. The third kappa shape index (κ3) is 6.19. The largest absolute Gasteiger partial charge is 0.472 e. The van der Waals surface area contributed by atoms with E-state index in [-0.39, 0.29) is 17.4 Å². The van der Waals surface area contributed by atoms with Crippen molar-refractivity contribution in [3.05, 3.63) is 53.7 Å². The predicted molar refractivity (Wildman–Crippen MR) is 95.5 cm³/mol. The van der Waals surface area contributed by atoms with Crippen LogP contribution in [0.3, 0.4) is 0 Å². The minimum Gasteiger partial charge on any atom is -0.472 e. The quantitative estimate of drug-likeness (QED) is 0.880. The molecule has 1 amide bonds. The minimum atomic E-state index is -1.84. The maximum atomic E-state index is 12.5. The first-order valence-corrected chi connectivity index (χ1v) is 8.95. The van der Waals surface area contributed by atoms with Crippen LogP contribution in [0.1, 0.15) is 32.0 Å². The van der Waals surface area contributed by atoms with Gasteiger partial charge >= 0.3 is 6.09 Å². The van der Waals surface area contributed by atoms with E-state index in [2.05, 4.69) is 9.71 Å². The summed E-state index contributed by atoms with van der Waals surface area (Å²) < 4.78 is 25.6. The zero-order valence-electron chi connectivity index (χ0n) is 14.7. The van der Waals surface area contributed by atoms with Gasteiger partial charge in [-0.1, -0.05) is 30.3 Å². The van der Waals surface area contributed by atoms with E-state index < -0.39 is 22.7 Å². The molecule has 0 fully saturated rings. The summed E-state index contributed by atoms with van der Waals surface area (Å²) in [6.07, 6.45) is -0.764. The fraction of sp³-hybridized carbons (Fsp3) is 0.333. The number of carbonyl (C=O) groups excluding carboxylic acids is 1. The number of pyridine rings is 1. The molecule has 7 heteroatoms. The van der Waals surface area contributed by atoms with Crippen LogP contribution in [0.5, 0.6) is 5.88 Å². The van der Waals surface area contributed by atoms with Gasteiger partial charge in [-0.3, -0.25) is 0 Å². The van der Waals surface area contributed by atoms with Crippen molar-refractivity contribution in [2.75, 3.05) is 0 Å². The topological polar surface area (TPSA) is 77.5 Å². The molecule has 1 N–H and O–H groups in total. The van der Waals surface area contributed by atoms with Gasteiger partial charge in [0.2, 0.25) is 5.88 Å². The predicted octanol–water partition coefficient (Wildman–Crippen LogP) is 3.52. The Morgan fingerprint density at radius 1 is 1.16 bits per heavy atom. The van der Waals surface area contributed by atoms with Gasteiger partial charge < -0.3 is 9.47 Å². The number of ether oxygens (including phenoxy) is 2. The number of nitrogens with zero attached hydrogens (tertiary/aromatic N) is 1. The molecule has 1 unspecified atom stereocenters. The smallest absolute Gasteiger partial charge is 0.419 e. The Morgan fingerprint density at radius 3 is 2.48 bits per heavy atom. The number of aryl methyl sites for hydroxylation is 1. The van der Waals surface area contributed by atoms with E-state index in [4.69, 9.17) is 9.47 Å². The third-order valence-electron chi connectivity index (χ3n) is 2.96. The highest BCUT2D eigenvalue weighted by atomic mass is 32.2. The maximum absolute atomic E-state index is 12.5. The van der Waals surface area contributed by atoms with E-state index in [0.29, 0.717) is 0 Å². The van der Waals surface area contributed by atoms with Crippen molar-refractivity contribution in [3.8, 4) is 5.88 Å². The Morgan fingerprint density at radius 2 is 1.84 bits per heavy atom. The molecule has 2 rings (SSSR count). The van der Waals surface area contributed by atoms with Crippen molar-refractivity contribution in [1.82, 2.24) is 9.71 Å². The van der Waals surface area contributed by atoms with Crippen LogP contribution in [0.2, 0.25) is 0 Å². The molecule has 25 heavy (non-hydrogen) atoms. The van der Waals surface area contributed by atoms with Crippen LogP contribution in [0.25, 0.3) is 0 Å². The van der Waals surface area contributed by atoms with Crippen molar-refractivity contribution < 1.29 is 18.5 Å². The summed E-state index contributed by atoms with van der Waals surface area (Å²) in [7, 11) is -1.84. The first kappa shape index (κ1) is 18.9. The second-order valence-electron chi connectivity index (χ2n) is 6.40. The molecule has 6 nitrogen and oxygen atoms in total. The second-order valence-corrected chi connectivity index (χ2v) is 7.58.